The van der Waals surface area contributed by atoms with Crippen molar-refractivity contribution < 1.29 is 9.84 Å². The van der Waals surface area contributed by atoms with Gasteiger partial charge in [0.25, 0.3) is 0 Å². The van der Waals surface area contributed by atoms with Gasteiger partial charge in [0.05, 0.1) is 6.61 Å². The van der Waals surface area contributed by atoms with E-state index in [9.17, 15) is 0 Å². The first kappa shape index (κ1) is 25.0. The van der Waals surface area contributed by atoms with Crippen molar-refractivity contribution >= 4 is 36.4 Å². The summed E-state index contributed by atoms with van der Waals surface area (Å²) in [6.45, 7) is 3.86. The maximum absolute atomic E-state index is 8.70. The van der Waals surface area contributed by atoms with E-state index in [1.54, 1.807) is 0 Å². The van der Waals surface area contributed by atoms with E-state index < -0.39 is 0 Å². The minimum absolute atomic E-state index is 0. The quantitative estimate of drug-likeness (QED) is 0.483. The molecule has 0 radical (unpaired) electrons. The summed E-state index contributed by atoms with van der Waals surface area (Å²) >= 11 is 6.11. The Bertz CT molecular complexity index is 601. The fraction of sp³-hybridized carbons (Fsp3) is 0.368. The molecule has 0 bridgehead atoms. The third-order valence-corrected chi connectivity index (χ3v) is 3.81. The normalized spacial score (nSPS) is 9.92. The minimum atomic E-state index is 0. The third kappa shape index (κ3) is 9.62. The highest BCUT2D eigenvalue weighted by molar-refractivity contribution is 6.30. The van der Waals surface area contributed by atoms with Gasteiger partial charge in [0.2, 0.25) is 0 Å². The van der Waals surface area contributed by atoms with E-state index >= 15 is 0 Å². The average molecular weight is 422 g/mol. The summed E-state index contributed by atoms with van der Waals surface area (Å²) in [6, 6.07) is 15.8. The summed E-state index contributed by atoms with van der Waals surface area (Å²) in [4.78, 5) is 0. The second-order valence-corrected chi connectivity index (χ2v) is 5.97. The van der Waals surface area contributed by atoms with Gasteiger partial charge in [0.1, 0.15) is 12.4 Å². The van der Waals surface area contributed by atoms with Crippen LogP contribution in [0.25, 0.3) is 0 Å². The lowest BCUT2D eigenvalue weighted by Gasteiger charge is -2.13. The number of hydrogen-bond donors (Lipinski definition) is 3. The highest BCUT2D eigenvalue weighted by atomic mass is 35.5. The molecule has 7 heteroatoms. The van der Waals surface area contributed by atoms with Crippen molar-refractivity contribution in [2.24, 2.45) is 0 Å². The van der Waals surface area contributed by atoms with Crippen LogP contribution in [-0.2, 0) is 13.2 Å². The van der Waals surface area contributed by atoms with Crippen molar-refractivity contribution in [3.63, 3.8) is 0 Å². The van der Waals surface area contributed by atoms with Gasteiger partial charge >= 0.3 is 0 Å². The summed E-state index contributed by atoms with van der Waals surface area (Å²) in [5.74, 6) is 0.856. The molecule has 0 aliphatic carbocycles. The van der Waals surface area contributed by atoms with Crippen LogP contribution in [0.1, 0.15) is 17.5 Å². The Kier molecular flexibility index (Phi) is 14.5. The number of aliphatic hydroxyl groups is 1. The Labute approximate surface area is 173 Å². The lowest BCUT2D eigenvalue weighted by atomic mass is 10.2. The van der Waals surface area contributed by atoms with E-state index in [0.29, 0.717) is 24.7 Å². The molecular weight excluding hydrogens is 395 g/mol. The van der Waals surface area contributed by atoms with Crippen LogP contribution in [0.15, 0.2) is 48.5 Å². The molecular formula is C19H27Cl3N2O2. The zero-order chi connectivity index (χ0) is 17.0. The molecule has 2 aromatic rings. The topological polar surface area (TPSA) is 53.5 Å². The molecule has 0 unspecified atom stereocenters. The Morgan fingerprint density at radius 1 is 0.923 bits per heavy atom. The predicted octanol–water partition coefficient (Wildman–Crippen LogP) is 3.82. The summed E-state index contributed by atoms with van der Waals surface area (Å²) < 4.78 is 5.95. The standard InChI is InChI=1S/C19H25ClN2O2.2ClH/c20-18-7-8-19(24-15-16-5-2-1-3-6-16)17(13-18)14-22-10-4-9-21-11-12-23;;/h1-3,5-8,13,21-23H,4,9-12,14-15H2;2*1H. The van der Waals surface area contributed by atoms with Crippen LogP contribution in [0.3, 0.4) is 0 Å². The van der Waals surface area contributed by atoms with Gasteiger partial charge < -0.3 is 20.5 Å². The molecule has 0 amide bonds. The number of rotatable bonds is 11. The van der Waals surface area contributed by atoms with Crippen LogP contribution in [-0.4, -0.2) is 31.3 Å². The van der Waals surface area contributed by atoms with Gasteiger partial charge in [0.15, 0.2) is 0 Å². The zero-order valence-corrected chi connectivity index (χ0v) is 17.0. The largest absolute Gasteiger partial charge is 0.489 e. The van der Waals surface area contributed by atoms with E-state index in [2.05, 4.69) is 10.6 Å². The van der Waals surface area contributed by atoms with E-state index in [1.807, 2.05) is 48.5 Å². The lowest BCUT2D eigenvalue weighted by Crippen LogP contribution is -2.24. The maximum atomic E-state index is 8.70. The molecule has 2 aromatic carbocycles. The van der Waals surface area contributed by atoms with Gasteiger partial charge in [-0.2, -0.15) is 0 Å². The minimum Gasteiger partial charge on any atom is -0.489 e. The summed E-state index contributed by atoms with van der Waals surface area (Å²) in [5.41, 5.74) is 2.20. The van der Waals surface area contributed by atoms with Gasteiger partial charge in [-0.3, -0.25) is 0 Å². The van der Waals surface area contributed by atoms with Crippen molar-refractivity contribution in [1.29, 1.82) is 0 Å². The van der Waals surface area contributed by atoms with E-state index in [1.165, 1.54) is 0 Å². The number of benzene rings is 2. The molecule has 3 N–H and O–H groups in total. The van der Waals surface area contributed by atoms with Crippen molar-refractivity contribution in [2.75, 3.05) is 26.2 Å². The SMILES string of the molecule is Cl.Cl.OCCNCCCNCc1cc(Cl)ccc1OCc1ccccc1. The fourth-order valence-electron chi connectivity index (χ4n) is 2.33. The highest BCUT2D eigenvalue weighted by Gasteiger charge is 2.05. The molecule has 146 valence electrons. The van der Waals surface area contributed by atoms with E-state index in [4.69, 9.17) is 21.4 Å². The molecule has 0 heterocycles. The number of halogens is 3. The summed E-state index contributed by atoms with van der Waals surface area (Å²) in [6.07, 6.45) is 1.00. The smallest absolute Gasteiger partial charge is 0.124 e. The average Bonchev–Trinajstić information content (AvgIpc) is 2.61. The molecule has 0 saturated carbocycles. The lowest BCUT2D eigenvalue weighted by molar-refractivity contribution is 0.292. The molecule has 0 aliphatic heterocycles. The Morgan fingerprint density at radius 2 is 1.65 bits per heavy atom. The van der Waals surface area contributed by atoms with Gasteiger partial charge in [-0.15, -0.1) is 24.8 Å². The predicted molar refractivity (Wildman–Crippen MR) is 113 cm³/mol. The van der Waals surface area contributed by atoms with Crippen molar-refractivity contribution in [3.8, 4) is 5.75 Å². The van der Waals surface area contributed by atoms with E-state index in [0.717, 1.165) is 36.4 Å². The first-order chi connectivity index (χ1) is 11.8. The number of ether oxygens (including phenoxy) is 1. The molecule has 4 nitrogen and oxygen atoms in total. The molecule has 0 spiro atoms. The Morgan fingerprint density at radius 3 is 2.38 bits per heavy atom. The van der Waals surface area contributed by atoms with Crippen molar-refractivity contribution in [3.05, 3.63) is 64.7 Å². The van der Waals surface area contributed by atoms with Crippen LogP contribution < -0.4 is 15.4 Å². The molecule has 0 atom stereocenters. The molecule has 0 aliphatic rings. The van der Waals surface area contributed by atoms with Gasteiger partial charge in [-0.25, -0.2) is 0 Å². The molecule has 0 aromatic heterocycles. The maximum Gasteiger partial charge on any atom is 0.124 e. The zero-order valence-electron chi connectivity index (χ0n) is 14.6. The van der Waals surface area contributed by atoms with Crippen LogP contribution >= 0.6 is 36.4 Å². The van der Waals surface area contributed by atoms with E-state index in [-0.39, 0.29) is 31.4 Å². The van der Waals surface area contributed by atoms with Crippen LogP contribution in [0.2, 0.25) is 5.02 Å². The third-order valence-electron chi connectivity index (χ3n) is 3.57. The fourth-order valence-corrected chi connectivity index (χ4v) is 2.52. The van der Waals surface area contributed by atoms with Crippen LogP contribution in [0, 0.1) is 0 Å². The van der Waals surface area contributed by atoms with Crippen LogP contribution in [0.4, 0.5) is 0 Å². The monoisotopic (exact) mass is 420 g/mol. The molecule has 2 rings (SSSR count). The Balaban J connectivity index is 0.00000312. The molecule has 0 saturated heterocycles. The first-order valence-electron chi connectivity index (χ1n) is 8.27. The molecule has 26 heavy (non-hydrogen) atoms. The number of hydrogen-bond acceptors (Lipinski definition) is 4. The number of aliphatic hydroxyl groups excluding tert-OH is 1. The Hall–Kier alpha value is -1.01. The highest BCUT2D eigenvalue weighted by Crippen LogP contribution is 2.23. The molecule has 0 fully saturated rings. The van der Waals surface area contributed by atoms with Crippen LogP contribution in [0.5, 0.6) is 5.75 Å². The van der Waals surface area contributed by atoms with Crippen molar-refractivity contribution in [2.45, 2.75) is 19.6 Å². The summed E-state index contributed by atoms with van der Waals surface area (Å²) in [7, 11) is 0. The summed E-state index contributed by atoms with van der Waals surface area (Å²) in [5, 5.41) is 16.0. The first-order valence-corrected chi connectivity index (χ1v) is 8.65. The van der Waals surface area contributed by atoms with Gasteiger partial charge in [0, 0.05) is 23.7 Å². The van der Waals surface area contributed by atoms with Gasteiger partial charge in [-0.1, -0.05) is 41.9 Å². The van der Waals surface area contributed by atoms with Crippen molar-refractivity contribution in [1.82, 2.24) is 10.6 Å². The second-order valence-electron chi connectivity index (χ2n) is 5.53. The second kappa shape index (κ2) is 15.1. The number of nitrogens with one attached hydrogen (secondary N) is 2. The van der Waals surface area contributed by atoms with Gasteiger partial charge in [-0.05, 0) is 43.3 Å².